The number of ether oxygens (including phenoxy) is 2. The standard InChI is InChI=1S/C16H22N4O2S/c1-4-12-10-19-15(23-12)7-8-18-16(17)20-11-5-6-13(21-2)14(9-11)22-3/h5-6,9-10H,4,7-8H2,1-3H3,(H3,17,18,20). The summed E-state index contributed by atoms with van der Waals surface area (Å²) in [6.45, 7) is 2.73. The van der Waals surface area contributed by atoms with Crippen molar-refractivity contribution < 1.29 is 9.47 Å². The van der Waals surface area contributed by atoms with Crippen LogP contribution >= 0.6 is 11.3 Å². The Kier molecular flexibility index (Phi) is 6.22. The Hall–Kier alpha value is -2.28. The zero-order chi connectivity index (χ0) is 16.7. The second-order valence-corrected chi connectivity index (χ2v) is 5.99. The second kappa shape index (κ2) is 8.38. The number of aryl methyl sites for hydroxylation is 1. The van der Waals surface area contributed by atoms with Gasteiger partial charge >= 0.3 is 0 Å². The van der Waals surface area contributed by atoms with Gasteiger partial charge in [0.05, 0.1) is 19.2 Å². The molecule has 0 bridgehead atoms. The third-order valence-corrected chi connectivity index (χ3v) is 4.42. The molecular formula is C16H22N4O2S. The molecule has 0 unspecified atom stereocenters. The first-order valence-electron chi connectivity index (χ1n) is 7.38. The molecule has 1 aromatic carbocycles. The van der Waals surface area contributed by atoms with Crippen LogP contribution in [0.1, 0.15) is 16.8 Å². The van der Waals surface area contributed by atoms with E-state index in [1.54, 1.807) is 25.6 Å². The summed E-state index contributed by atoms with van der Waals surface area (Å²) in [4.78, 5) is 9.99. The summed E-state index contributed by atoms with van der Waals surface area (Å²) in [5.41, 5.74) is 6.71. The molecule has 0 saturated heterocycles. The second-order valence-electron chi connectivity index (χ2n) is 4.79. The molecule has 0 spiro atoms. The van der Waals surface area contributed by atoms with Crippen molar-refractivity contribution >= 4 is 23.0 Å². The highest BCUT2D eigenvalue weighted by atomic mass is 32.1. The number of hydrogen-bond acceptors (Lipinski definition) is 5. The number of hydrogen-bond donors (Lipinski definition) is 2. The lowest BCUT2D eigenvalue weighted by Crippen LogP contribution is -2.23. The molecule has 6 nitrogen and oxygen atoms in total. The molecule has 7 heteroatoms. The van der Waals surface area contributed by atoms with Crippen molar-refractivity contribution in [1.29, 1.82) is 0 Å². The predicted molar refractivity (Wildman–Crippen MR) is 94.9 cm³/mol. The van der Waals surface area contributed by atoms with Crippen LogP contribution in [0.4, 0.5) is 5.69 Å². The molecule has 23 heavy (non-hydrogen) atoms. The third kappa shape index (κ3) is 4.85. The van der Waals surface area contributed by atoms with Crippen LogP contribution in [0.25, 0.3) is 0 Å². The van der Waals surface area contributed by atoms with E-state index in [1.165, 1.54) is 4.88 Å². The molecule has 3 N–H and O–H groups in total. The normalized spacial score (nSPS) is 11.3. The van der Waals surface area contributed by atoms with Gasteiger partial charge in [-0.05, 0) is 18.6 Å². The van der Waals surface area contributed by atoms with Gasteiger partial charge in [0.25, 0.3) is 0 Å². The van der Waals surface area contributed by atoms with Gasteiger partial charge in [-0.15, -0.1) is 11.3 Å². The van der Waals surface area contributed by atoms with E-state index in [4.69, 9.17) is 15.2 Å². The molecule has 0 amide bonds. The molecule has 0 aliphatic carbocycles. The summed E-state index contributed by atoms with van der Waals surface area (Å²) >= 11 is 1.73. The SMILES string of the molecule is CCc1cnc(CCN=C(N)Nc2ccc(OC)c(OC)c2)s1. The van der Waals surface area contributed by atoms with Crippen LogP contribution in [0.15, 0.2) is 29.4 Å². The lowest BCUT2D eigenvalue weighted by molar-refractivity contribution is 0.355. The highest BCUT2D eigenvalue weighted by Gasteiger charge is 2.05. The van der Waals surface area contributed by atoms with E-state index in [9.17, 15) is 0 Å². The van der Waals surface area contributed by atoms with E-state index < -0.39 is 0 Å². The van der Waals surface area contributed by atoms with Crippen LogP contribution < -0.4 is 20.5 Å². The fourth-order valence-corrected chi connectivity index (χ4v) is 2.85. The maximum Gasteiger partial charge on any atom is 0.193 e. The van der Waals surface area contributed by atoms with Gasteiger partial charge in [-0.1, -0.05) is 6.92 Å². The number of aliphatic imine (C=N–C) groups is 1. The molecule has 0 fully saturated rings. The maximum atomic E-state index is 5.91. The number of anilines is 1. The van der Waals surface area contributed by atoms with E-state index in [-0.39, 0.29) is 0 Å². The monoisotopic (exact) mass is 334 g/mol. The van der Waals surface area contributed by atoms with Crippen LogP contribution in [0.3, 0.4) is 0 Å². The minimum atomic E-state index is 0.365. The molecular weight excluding hydrogens is 312 g/mol. The van der Waals surface area contributed by atoms with Gasteiger partial charge < -0.3 is 20.5 Å². The highest BCUT2D eigenvalue weighted by molar-refractivity contribution is 7.11. The van der Waals surface area contributed by atoms with Crippen molar-refractivity contribution in [1.82, 2.24) is 4.98 Å². The Bertz CT molecular complexity index is 670. The number of rotatable bonds is 7. The number of methoxy groups -OCH3 is 2. The largest absolute Gasteiger partial charge is 0.493 e. The zero-order valence-corrected chi connectivity index (χ0v) is 14.4. The molecule has 1 aromatic heterocycles. The average Bonchev–Trinajstić information content (AvgIpc) is 3.02. The first kappa shape index (κ1) is 17.1. The fourth-order valence-electron chi connectivity index (χ4n) is 2.00. The first-order chi connectivity index (χ1) is 11.2. The molecule has 2 rings (SSSR count). The molecule has 0 aliphatic heterocycles. The Balaban J connectivity index is 1.91. The van der Waals surface area contributed by atoms with Crippen molar-refractivity contribution in [2.75, 3.05) is 26.1 Å². The molecule has 0 aliphatic rings. The summed E-state index contributed by atoms with van der Waals surface area (Å²) in [5.74, 6) is 1.67. The van der Waals surface area contributed by atoms with Crippen molar-refractivity contribution in [2.24, 2.45) is 10.7 Å². The van der Waals surface area contributed by atoms with Crippen LogP contribution in [0.2, 0.25) is 0 Å². The highest BCUT2D eigenvalue weighted by Crippen LogP contribution is 2.29. The van der Waals surface area contributed by atoms with E-state index in [0.29, 0.717) is 24.0 Å². The summed E-state index contributed by atoms with van der Waals surface area (Å²) < 4.78 is 10.5. The van der Waals surface area contributed by atoms with Gasteiger partial charge in [0.1, 0.15) is 0 Å². The maximum absolute atomic E-state index is 5.91. The number of nitrogens with two attached hydrogens (primary N) is 1. The Morgan fingerprint density at radius 3 is 2.74 bits per heavy atom. The summed E-state index contributed by atoms with van der Waals surface area (Å²) in [6.07, 6.45) is 3.73. The molecule has 0 radical (unpaired) electrons. The Morgan fingerprint density at radius 1 is 1.30 bits per heavy atom. The smallest absolute Gasteiger partial charge is 0.193 e. The minimum Gasteiger partial charge on any atom is -0.493 e. The average molecular weight is 334 g/mol. The van der Waals surface area contributed by atoms with Gasteiger partial charge in [0, 0.05) is 35.8 Å². The fraction of sp³-hybridized carbons (Fsp3) is 0.375. The van der Waals surface area contributed by atoms with Crippen LogP contribution in [-0.2, 0) is 12.8 Å². The van der Waals surface area contributed by atoms with Crippen molar-refractivity contribution in [2.45, 2.75) is 19.8 Å². The van der Waals surface area contributed by atoms with E-state index in [2.05, 4.69) is 22.2 Å². The van der Waals surface area contributed by atoms with Crippen molar-refractivity contribution in [3.05, 3.63) is 34.3 Å². The number of thiazole rings is 1. The predicted octanol–water partition coefficient (Wildman–Crippen LogP) is 2.69. The van der Waals surface area contributed by atoms with E-state index in [1.807, 2.05) is 24.4 Å². The third-order valence-electron chi connectivity index (χ3n) is 3.21. The Labute approximate surface area is 140 Å². The molecule has 124 valence electrons. The van der Waals surface area contributed by atoms with Crippen molar-refractivity contribution in [3.63, 3.8) is 0 Å². The number of benzene rings is 1. The zero-order valence-electron chi connectivity index (χ0n) is 13.6. The van der Waals surface area contributed by atoms with Gasteiger partial charge in [0.15, 0.2) is 17.5 Å². The first-order valence-corrected chi connectivity index (χ1v) is 8.20. The van der Waals surface area contributed by atoms with Gasteiger partial charge in [-0.2, -0.15) is 0 Å². The van der Waals surface area contributed by atoms with Crippen LogP contribution in [0.5, 0.6) is 11.5 Å². The van der Waals surface area contributed by atoms with Crippen molar-refractivity contribution in [3.8, 4) is 11.5 Å². The summed E-state index contributed by atoms with van der Waals surface area (Å²) in [5, 5.41) is 4.13. The Morgan fingerprint density at radius 2 is 2.09 bits per heavy atom. The van der Waals surface area contributed by atoms with E-state index >= 15 is 0 Å². The number of nitrogens with one attached hydrogen (secondary N) is 1. The minimum absolute atomic E-state index is 0.365. The summed E-state index contributed by atoms with van der Waals surface area (Å²) in [6, 6.07) is 5.49. The lowest BCUT2D eigenvalue weighted by atomic mass is 10.3. The van der Waals surface area contributed by atoms with Crippen LogP contribution in [0, 0.1) is 0 Å². The molecule has 0 saturated carbocycles. The van der Waals surface area contributed by atoms with Crippen LogP contribution in [-0.4, -0.2) is 31.7 Å². The summed E-state index contributed by atoms with van der Waals surface area (Å²) in [7, 11) is 3.20. The number of guanidine groups is 1. The van der Waals surface area contributed by atoms with Gasteiger partial charge in [-0.3, -0.25) is 4.99 Å². The number of nitrogens with zero attached hydrogens (tertiary/aromatic N) is 2. The quantitative estimate of drug-likeness (QED) is 0.601. The number of aromatic nitrogens is 1. The lowest BCUT2D eigenvalue weighted by Gasteiger charge is -2.10. The van der Waals surface area contributed by atoms with Gasteiger partial charge in [0.2, 0.25) is 0 Å². The van der Waals surface area contributed by atoms with Gasteiger partial charge in [-0.25, -0.2) is 4.98 Å². The molecule has 1 heterocycles. The molecule has 2 aromatic rings. The topological polar surface area (TPSA) is 81.8 Å². The molecule has 0 atom stereocenters. The van der Waals surface area contributed by atoms with E-state index in [0.717, 1.165) is 23.5 Å².